The molecule has 1 unspecified atom stereocenters. The number of thiophene rings is 1. The minimum Gasteiger partial charge on any atom is -0.308 e. The molecule has 0 amide bonds. The molecule has 19 heavy (non-hydrogen) atoms. The number of hydrogen-bond donors (Lipinski definition) is 1. The van der Waals surface area contributed by atoms with Gasteiger partial charge in [-0.25, -0.2) is 4.98 Å². The highest BCUT2D eigenvalue weighted by Gasteiger charge is 2.16. The molecule has 0 bridgehead atoms. The summed E-state index contributed by atoms with van der Waals surface area (Å²) in [6, 6.07) is 13.0. The Balaban J connectivity index is 1.90. The van der Waals surface area contributed by atoms with Gasteiger partial charge in [-0.05, 0) is 30.1 Å². The summed E-state index contributed by atoms with van der Waals surface area (Å²) in [4.78, 5) is 6.18. The van der Waals surface area contributed by atoms with Crippen molar-refractivity contribution in [3.05, 3.63) is 51.7 Å². The molecular formula is C15H16N2S2. The van der Waals surface area contributed by atoms with Gasteiger partial charge in [0.2, 0.25) is 0 Å². The summed E-state index contributed by atoms with van der Waals surface area (Å²) in [7, 11) is 0. The van der Waals surface area contributed by atoms with Gasteiger partial charge in [0.15, 0.2) is 0 Å². The fraction of sp³-hybridized carbons (Fsp3) is 0.267. The van der Waals surface area contributed by atoms with E-state index in [0.29, 0.717) is 6.04 Å². The van der Waals surface area contributed by atoms with Gasteiger partial charge in [-0.2, -0.15) is 0 Å². The first kappa shape index (κ1) is 12.8. The molecule has 3 rings (SSSR count). The van der Waals surface area contributed by atoms with E-state index in [0.717, 1.165) is 18.5 Å². The third-order valence-corrected chi connectivity index (χ3v) is 5.09. The minimum atomic E-state index is 0.320. The second kappa shape index (κ2) is 5.82. The van der Waals surface area contributed by atoms with Crippen LogP contribution in [0.3, 0.4) is 0 Å². The largest absolute Gasteiger partial charge is 0.308 e. The summed E-state index contributed by atoms with van der Waals surface area (Å²) in [5.74, 6) is 0. The standard InChI is InChI=1S/C15H16N2S2/c1-2-16-13(10-11-6-5-9-18-11)15-17-12-7-3-4-8-14(12)19-15/h3-9,13,16H,2,10H2,1H3. The van der Waals surface area contributed by atoms with Crippen molar-refractivity contribution in [3.8, 4) is 0 Å². The van der Waals surface area contributed by atoms with E-state index in [9.17, 15) is 0 Å². The van der Waals surface area contributed by atoms with Crippen molar-refractivity contribution < 1.29 is 0 Å². The third kappa shape index (κ3) is 2.86. The van der Waals surface area contributed by atoms with Gasteiger partial charge in [0, 0.05) is 11.3 Å². The molecule has 0 saturated heterocycles. The average molecular weight is 288 g/mol. The minimum absolute atomic E-state index is 0.320. The first-order chi connectivity index (χ1) is 9.36. The van der Waals surface area contributed by atoms with Crippen LogP contribution in [-0.4, -0.2) is 11.5 Å². The molecule has 2 heterocycles. The zero-order valence-electron chi connectivity index (χ0n) is 10.8. The lowest BCUT2D eigenvalue weighted by Crippen LogP contribution is -2.22. The molecule has 3 aromatic rings. The van der Waals surface area contributed by atoms with Crippen molar-refractivity contribution in [2.75, 3.05) is 6.54 Å². The molecule has 1 atom stereocenters. The van der Waals surface area contributed by atoms with Gasteiger partial charge in [0.1, 0.15) is 5.01 Å². The van der Waals surface area contributed by atoms with Gasteiger partial charge in [-0.1, -0.05) is 25.1 Å². The molecule has 2 nitrogen and oxygen atoms in total. The molecule has 1 N–H and O–H groups in total. The quantitative estimate of drug-likeness (QED) is 0.759. The summed E-state index contributed by atoms with van der Waals surface area (Å²) in [6.45, 7) is 3.11. The number of rotatable bonds is 5. The molecule has 0 radical (unpaired) electrons. The van der Waals surface area contributed by atoms with Gasteiger partial charge < -0.3 is 5.32 Å². The van der Waals surface area contributed by atoms with E-state index in [1.54, 1.807) is 11.3 Å². The lowest BCUT2D eigenvalue weighted by Gasteiger charge is -2.14. The van der Waals surface area contributed by atoms with Gasteiger partial charge in [-0.3, -0.25) is 0 Å². The normalized spacial score (nSPS) is 12.9. The second-order valence-electron chi connectivity index (χ2n) is 4.41. The van der Waals surface area contributed by atoms with E-state index in [1.807, 2.05) is 17.4 Å². The fourth-order valence-electron chi connectivity index (χ4n) is 2.16. The van der Waals surface area contributed by atoms with Crippen LogP contribution in [0.4, 0.5) is 0 Å². The molecule has 0 aliphatic carbocycles. The number of aromatic nitrogens is 1. The number of likely N-dealkylation sites (N-methyl/N-ethyl adjacent to an activating group) is 1. The lowest BCUT2D eigenvalue weighted by atomic mass is 10.2. The third-order valence-electron chi connectivity index (χ3n) is 3.04. The highest BCUT2D eigenvalue weighted by atomic mass is 32.1. The van der Waals surface area contributed by atoms with Gasteiger partial charge >= 0.3 is 0 Å². The van der Waals surface area contributed by atoms with Crippen molar-refractivity contribution in [1.82, 2.24) is 10.3 Å². The van der Waals surface area contributed by atoms with Crippen molar-refractivity contribution >= 4 is 32.9 Å². The number of hydrogen-bond acceptors (Lipinski definition) is 4. The summed E-state index contributed by atoms with van der Waals surface area (Å²) < 4.78 is 1.27. The van der Waals surface area contributed by atoms with E-state index < -0.39 is 0 Å². The van der Waals surface area contributed by atoms with E-state index in [4.69, 9.17) is 4.98 Å². The molecule has 0 fully saturated rings. The molecule has 4 heteroatoms. The van der Waals surface area contributed by atoms with Crippen LogP contribution in [0.2, 0.25) is 0 Å². The summed E-state index contributed by atoms with van der Waals surface area (Å²) in [5, 5.41) is 6.88. The lowest BCUT2D eigenvalue weighted by molar-refractivity contribution is 0.551. The Labute approximate surface area is 121 Å². The maximum atomic E-state index is 4.77. The molecule has 0 spiro atoms. The molecule has 1 aromatic carbocycles. The number of nitrogens with zero attached hydrogens (tertiary/aromatic N) is 1. The van der Waals surface area contributed by atoms with Crippen molar-refractivity contribution in [2.24, 2.45) is 0 Å². The van der Waals surface area contributed by atoms with Gasteiger partial charge in [-0.15, -0.1) is 22.7 Å². The second-order valence-corrected chi connectivity index (χ2v) is 6.51. The number of thiazole rings is 1. The zero-order chi connectivity index (χ0) is 13.1. The van der Waals surface area contributed by atoms with Crippen LogP contribution in [0.15, 0.2) is 41.8 Å². The molecule has 2 aromatic heterocycles. The first-order valence-corrected chi connectivity index (χ1v) is 8.17. The van der Waals surface area contributed by atoms with Gasteiger partial charge in [0.25, 0.3) is 0 Å². The predicted molar refractivity (Wildman–Crippen MR) is 84.1 cm³/mol. The van der Waals surface area contributed by atoms with E-state index in [1.165, 1.54) is 14.6 Å². The monoisotopic (exact) mass is 288 g/mol. The Morgan fingerprint density at radius 3 is 2.84 bits per heavy atom. The maximum absolute atomic E-state index is 4.77. The Hall–Kier alpha value is -1.23. The molecule has 98 valence electrons. The Bertz CT molecular complexity index is 610. The van der Waals surface area contributed by atoms with E-state index in [2.05, 4.69) is 48.0 Å². The maximum Gasteiger partial charge on any atom is 0.111 e. The SMILES string of the molecule is CCNC(Cc1cccs1)c1nc2ccccc2s1. The number of nitrogens with one attached hydrogen (secondary N) is 1. The Morgan fingerprint density at radius 2 is 2.11 bits per heavy atom. The zero-order valence-corrected chi connectivity index (χ0v) is 12.4. The summed E-state index contributed by atoms with van der Waals surface area (Å²) in [5.41, 5.74) is 1.11. The van der Waals surface area contributed by atoms with Crippen LogP contribution in [0.5, 0.6) is 0 Å². The van der Waals surface area contributed by atoms with Crippen molar-refractivity contribution in [3.63, 3.8) is 0 Å². The number of para-hydroxylation sites is 1. The average Bonchev–Trinajstić information content (AvgIpc) is 3.06. The predicted octanol–water partition coefficient (Wildman–Crippen LogP) is 4.25. The van der Waals surface area contributed by atoms with Crippen LogP contribution in [0, 0.1) is 0 Å². The van der Waals surface area contributed by atoms with E-state index in [-0.39, 0.29) is 0 Å². The van der Waals surface area contributed by atoms with Crippen molar-refractivity contribution in [1.29, 1.82) is 0 Å². The van der Waals surface area contributed by atoms with Crippen LogP contribution in [0.1, 0.15) is 22.9 Å². The Kier molecular flexibility index (Phi) is 3.92. The number of fused-ring (bicyclic) bond motifs is 1. The fourth-order valence-corrected chi connectivity index (χ4v) is 3.96. The molecular weight excluding hydrogens is 272 g/mol. The summed E-state index contributed by atoms with van der Waals surface area (Å²) in [6.07, 6.45) is 1.02. The highest BCUT2D eigenvalue weighted by molar-refractivity contribution is 7.18. The smallest absolute Gasteiger partial charge is 0.111 e. The number of benzene rings is 1. The molecule has 0 saturated carbocycles. The van der Waals surface area contributed by atoms with E-state index >= 15 is 0 Å². The van der Waals surface area contributed by atoms with Crippen molar-refractivity contribution in [2.45, 2.75) is 19.4 Å². The highest BCUT2D eigenvalue weighted by Crippen LogP contribution is 2.29. The topological polar surface area (TPSA) is 24.9 Å². The molecule has 0 aliphatic rings. The molecule has 0 aliphatic heterocycles. The summed E-state index contributed by atoms with van der Waals surface area (Å²) >= 11 is 3.61. The van der Waals surface area contributed by atoms with Crippen LogP contribution in [0.25, 0.3) is 10.2 Å². The first-order valence-electron chi connectivity index (χ1n) is 6.48. The van der Waals surface area contributed by atoms with Crippen LogP contribution >= 0.6 is 22.7 Å². The van der Waals surface area contributed by atoms with Crippen LogP contribution in [-0.2, 0) is 6.42 Å². The Morgan fingerprint density at radius 1 is 1.21 bits per heavy atom. The van der Waals surface area contributed by atoms with Gasteiger partial charge in [0.05, 0.1) is 16.3 Å². The van der Waals surface area contributed by atoms with Crippen LogP contribution < -0.4 is 5.32 Å².